The molecule has 0 atom stereocenters. The van der Waals surface area contributed by atoms with E-state index < -0.39 is 0 Å². The highest BCUT2D eigenvalue weighted by atomic mass is 14.8. The number of H-pyrrole nitrogens is 1. The fourth-order valence-corrected chi connectivity index (χ4v) is 1.96. The van der Waals surface area contributed by atoms with Crippen LogP contribution in [0.3, 0.4) is 0 Å². The molecule has 0 saturated carbocycles. The minimum atomic E-state index is -0.306. The highest BCUT2D eigenvalue weighted by Gasteiger charge is 2.17. The average molecular weight is 202 g/mol. The Labute approximate surface area is 90.5 Å². The molecular weight excluding hydrogens is 184 g/mol. The monoisotopic (exact) mass is 202 g/mol. The smallest absolute Gasteiger partial charge is 0.0504 e. The lowest BCUT2D eigenvalue weighted by molar-refractivity contribution is 0.540. The van der Waals surface area contributed by atoms with Crippen LogP contribution in [0.2, 0.25) is 0 Å². The van der Waals surface area contributed by atoms with Crippen molar-refractivity contribution in [2.75, 3.05) is 0 Å². The molecule has 1 aromatic heterocycles. The molecule has 1 aromatic carbocycles. The topological polar surface area (TPSA) is 41.8 Å². The summed E-state index contributed by atoms with van der Waals surface area (Å²) in [6.07, 6.45) is 0. The SMILES string of the molecule is Cc1cc(C)c2[nH]c(C(C)(C)N)cc2c1. The third kappa shape index (κ3) is 1.77. The molecule has 0 fully saturated rings. The Bertz CT molecular complexity index is 501. The number of aromatic nitrogens is 1. The molecule has 2 nitrogen and oxygen atoms in total. The van der Waals surface area contributed by atoms with Crippen LogP contribution in [0.4, 0.5) is 0 Å². The summed E-state index contributed by atoms with van der Waals surface area (Å²) in [6.45, 7) is 8.27. The van der Waals surface area contributed by atoms with Gasteiger partial charge in [-0.2, -0.15) is 0 Å². The van der Waals surface area contributed by atoms with Gasteiger partial charge in [-0.15, -0.1) is 0 Å². The van der Waals surface area contributed by atoms with Crippen molar-refractivity contribution in [3.05, 3.63) is 35.0 Å². The van der Waals surface area contributed by atoms with Gasteiger partial charge in [0.05, 0.1) is 5.54 Å². The third-order valence-corrected chi connectivity index (χ3v) is 2.76. The van der Waals surface area contributed by atoms with Crippen molar-refractivity contribution in [2.24, 2.45) is 5.73 Å². The van der Waals surface area contributed by atoms with Crippen LogP contribution in [0.25, 0.3) is 10.9 Å². The number of aromatic amines is 1. The van der Waals surface area contributed by atoms with Crippen LogP contribution in [0.1, 0.15) is 30.7 Å². The molecule has 2 heteroatoms. The predicted octanol–water partition coefficient (Wildman–Crippen LogP) is 2.98. The van der Waals surface area contributed by atoms with Gasteiger partial charge < -0.3 is 10.7 Å². The Hall–Kier alpha value is -1.28. The predicted molar refractivity (Wildman–Crippen MR) is 65.0 cm³/mol. The Morgan fingerprint density at radius 1 is 1.13 bits per heavy atom. The van der Waals surface area contributed by atoms with Crippen LogP contribution in [-0.4, -0.2) is 4.98 Å². The van der Waals surface area contributed by atoms with Gasteiger partial charge in [-0.3, -0.25) is 0 Å². The molecule has 0 unspecified atom stereocenters. The maximum atomic E-state index is 6.08. The van der Waals surface area contributed by atoms with E-state index in [0.29, 0.717) is 0 Å². The normalized spacial score (nSPS) is 12.3. The molecule has 0 bridgehead atoms. The lowest BCUT2D eigenvalue weighted by Crippen LogP contribution is -2.28. The molecule has 0 spiro atoms. The number of fused-ring (bicyclic) bond motifs is 1. The summed E-state index contributed by atoms with van der Waals surface area (Å²) in [7, 11) is 0. The number of rotatable bonds is 1. The molecule has 0 saturated heterocycles. The van der Waals surface area contributed by atoms with Crippen molar-refractivity contribution in [3.63, 3.8) is 0 Å². The Balaban J connectivity index is 2.71. The standard InChI is InChI=1S/C13H18N2/c1-8-5-9(2)12-10(6-8)7-11(15-12)13(3,4)14/h5-7,15H,14H2,1-4H3. The fourth-order valence-electron chi connectivity index (χ4n) is 1.96. The quantitative estimate of drug-likeness (QED) is 0.733. The second-order valence-corrected chi connectivity index (χ2v) is 4.95. The summed E-state index contributed by atoms with van der Waals surface area (Å²) >= 11 is 0. The van der Waals surface area contributed by atoms with Gasteiger partial charge in [0.15, 0.2) is 0 Å². The van der Waals surface area contributed by atoms with E-state index in [-0.39, 0.29) is 5.54 Å². The minimum Gasteiger partial charge on any atom is -0.357 e. The fraction of sp³-hybridized carbons (Fsp3) is 0.385. The zero-order chi connectivity index (χ0) is 11.2. The first kappa shape index (κ1) is 10.2. The van der Waals surface area contributed by atoms with E-state index in [0.717, 1.165) is 5.69 Å². The van der Waals surface area contributed by atoms with E-state index >= 15 is 0 Å². The van der Waals surface area contributed by atoms with Crippen LogP contribution < -0.4 is 5.73 Å². The lowest BCUT2D eigenvalue weighted by Gasteiger charge is -2.15. The van der Waals surface area contributed by atoms with Crippen LogP contribution in [0, 0.1) is 13.8 Å². The minimum absolute atomic E-state index is 0.306. The first-order valence-corrected chi connectivity index (χ1v) is 5.27. The molecule has 0 amide bonds. The second-order valence-electron chi connectivity index (χ2n) is 4.95. The summed E-state index contributed by atoms with van der Waals surface area (Å²) in [6, 6.07) is 6.52. The summed E-state index contributed by atoms with van der Waals surface area (Å²) in [4.78, 5) is 3.41. The first-order chi connectivity index (χ1) is 6.88. The molecule has 0 aliphatic rings. The number of nitrogens with one attached hydrogen (secondary N) is 1. The van der Waals surface area contributed by atoms with E-state index in [1.54, 1.807) is 0 Å². The molecular formula is C13H18N2. The molecule has 15 heavy (non-hydrogen) atoms. The van der Waals surface area contributed by atoms with Gasteiger partial charge in [-0.05, 0) is 45.4 Å². The van der Waals surface area contributed by atoms with Crippen molar-refractivity contribution >= 4 is 10.9 Å². The molecule has 0 aliphatic carbocycles. The molecule has 1 heterocycles. The number of hydrogen-bond acceptors (Lipinski definition) is 1. The van der Waals surface area contributed by atoms with Gasteiger partial charge in [0.25, 0.3) is 0 Å². The van der Waals surface area contributed by atoms with Crippen LogP contribution in [0.5, 0.6) is 0 Å². The molecule has 3 N–H and O–H groups in total. The number of hydrogen-bond donors (Lipinski definition) is 2. The largest absolute Gasteiger partial charge is 0.357 e. The highest BCUT2D eigenvalue weighted by molar-refractivity contribution is 5.84. The maximum Gasteiger partial charge on any atom is 0.0504 e. The summed E-state index contributed by atoms with van der Waals surface area (Å²) in [5.74, 6) is 0. The van der Waals surface area contributed by atoms with Gasteiger partial charge >= 0.3 is 0 Å². The van der Waals surface area contributed by atoms with Gasteiger partial charge in [-0.1, -0.05) is 11.6 Å². The molecule has 0 aliphatic heterocycles. The lowest BCUT2D eigenvalue weighted by atomic mass is 10.0. The average Bonchev–Trinajstić information content (AvgIpc) is 2.46. The van der Waals surface area contributed by atoms with Crippen molar-refractivity contribution in [1.82, 2.24) is 4.98 Å². The van der Waals surface area contributed by atoms with Crippen molar-refractivity contribution < 1.29 is 0 Å². The zero-order valence-corrected chi connectivity index (χ0v) is 9.81. The van der Waals surface area contributed by atoms with E-state index in [9.17, 15) is 0 Å². The highest BCUT2D eigenvalue weighted by Crippen LogP contribution is 2.25. The van der Waals surface area contributed by atoms with Crippen molar-refractivity contribution in [3.8, 4) is 0 Å². The maximum absolute atomic E-state index is 6.08. The Morgan fingerprint density at radius 2 is 1.80 bits per heavy atom. The van der Waals surface area contributed by atoms with Crippen LogP contribution in [-0.2, 0) is 5.54 Å². The second kappa shape index (κ2) is 3.11. The van der Waals surface area contributed by atoms with Crippen LogP contribution in [0.15, 0.2) is 18.2 Å². The van der Waals surface area contributed by atoms with E-state index in [4.69, 9.17) is 5.73 Å². The summed E-state index contributed by atoms with van der Waals surface area (Å²) < 4.78 is 0. The molecule has 0 radical (unpaired) electrons. The van der Waals surface area contributed by atoms with Gasteiger partial charge in [-0.25, -0.2) is 0 Å². The van der Waals surface area contributed by atoms with Crippen LogP contribution >= 0.6 is 0 Å². The van der Waals surface area contributed by atoms with E-state index in [2.05, 4.69) is 37.0 Å². The molecule has 2 rings (SSSR count). The molecule has 2 aromatic rings. The Kier molecular flexibility index (Phi) is 2.12. The summed E-state index contributed by atoms with van der Waals surface area (Å²) in [5.41, 5.74) is 10.6. The van der Waals surface area contributed by atoms with E-state index in [1.807, 2.05) is 13.8 Å². The van der Waals surface area contributed by atoms with Gasteiger partial charge in [0.1, 0.15) is 0 Å². The van der Waals surface area contributed by atoms with Gasteiger partial charge in [0.2, 0.25) is 0 Å². The number of benzene rings is 1. The molecule has 80 valence electrons. The van der Waals surface area contributed by atoms with Gasteiger partial charge in [0, 0.05) is 16.6 Å². The number of aryl methyl sites for hydroxylation is 2. The first-order valence-electron chi connectivity index (χ1n) is 5.27. The zero-order valence-electron chi connectivity index (χ0n) is 9.81. The number of nitrogens with two attached hydrogens (primary N) is 1. The van der Waals surface area contributed by atoms with E-state index in [1.165, 1.54) is 22.0 Å². The Morgan fingerprint density at radius 3 is 2.40 bits per heavy atom. The third-order valence-electron chi connectivity index (χ3n) is 2.76. The summed E-state index contributed by atoms with van der Waals surface area (Å²) in [5, 5.41) is 1.25. The van der Waals surface area contributed by atoms with Crippen molar-refractivity contribution in [1.29, 1.82) is 0 Å². The van der Waals surface area contributed by atoms with Crippen molar-refractivity contribution in [2.45, 2.75) is 33.2 Å².